The maximum absolute atomic E-state index is 5.37. The predicted octanol–water partition coefficient (Wildman–Crippen LogP) is 4.00. The molecule has 2 atom stereocenters. The van der Waals surface area contributed by atoms with Crippen molar-refractivity contribution in [3.05, 3.63) is 0 Å². The van der Waals surface area contributed by atoms with Gasteiger partial charge in [-0.3, -0.25) is 0 Å². The number of hydrogen-bond acceptors (Lipinski definition) is 2. The fraction of sp³-hybridized carbons (Fsp3) is 1.00. The van der Waals surface area contributed by atoms with Gasteiger partial charge in [0.05, 0.1) is 6.10 Å². The van der Waals surface area contributed by atoms with Crippen LogP contribution in [0.5, 0.6) is 0 Å². The summed E-state index contributed by atoms with van der Waals surface area (Å²) in [5.74, 6) is 1.90. The highest BCUT2D eigenvalue weighted by Gasteiger charge is 2.26. The van der Waals surface area contributed by atoms with Crippen LogP contribution >= 0.6 is 0 Å². The van der Waals surface area contributed by atoms with E-state index in [1.807, 2.05) is 7.11 Å². The molecular formula is C16H33NO. The van der Waals surface area contributed by atoms with E-state index in [2.05, 4.69) is 26.1 Å². The molecule has 1 aliphatic carbocycles. The molecule has 1 saturated carbocycles. The van der Waals surface area contributed by atoms with Gasteiger partial charge >= 0.3 is 0 Å². The molecule has 1 aliphatic rings. The van der Waals surface area contributed by atoms with Crippen LogP contribution in [0.3, 0.4) is 0 Å². The summed E-state index contributed by atoms with van der Waals surface area (Å²) in [5.41, 5.74) is 0. The Morgan fingerprint density at radius 1 is 1.11 bits per heavy atom. The zero-order valence-electron chi connectivity index (χ0n) is 12.9. The SMILES string of the molecule is CCNC(CCC(C)OC)C1CCC(CC)CC1. The highest BCUT2D eigenvalue weighted by molar-refractivity contribution is 4.82. The zero-order valence-corrected chi connectivity index (χ0v) is 12.9. The van der Waals surface area contributed by atoms with E-state index in [9.17, 15) is 0 Å². The summed E-state index contributed by atoms with van der Waals surface area (Å²) in [6.07, 6.45) is 9.98. The molecule has 0 aromatic carbocycles. The number of ether oxygens (including phenoxy) is 1. The van der Waals surface area contributed by atoms with Crippen molar-refractivity contribution in [1.82, 2.24) is 5.32 Å². The summed E-state index contributed by atoms with van der Waals surface area (Å²) in [6.45, 7) is 7.84. The summed E-state index contributed by atoms with van der Waals surface area (Å²) in [6, 6.07) is 0.713. The Morgan fingerprint density at radius 2 is 1.78 bits per heavy atom. The molecule has 0 aromatic heterocycles. The number of hydrogen-bond donors (Lipinski definition) is 1. The lowest BCUT2D eigenvalue weighted by Gasteiger charge is -2.34. The van der Waals surface area contributed by atoms with Crippen LogP contribution in [0.4, 0.5) is 0 Å². The maximum Gasteiger partial charge on any atom is 0.0543 e. The molecular weight excluding hydrogens is 222 g/mol. The van der Waals surface area contributed by atoms with Gasteiger partial charge in [0.1, 0.15) is 0 Å². The Balaban J connectivity index is 2.36. The van der Waals surface area contributed by atoms with Gasteiger partial charge in [-0.1, -0.05) is 33.1 Å². The predicted molar refractivity (Wildman–Crippen MR) is 78.9 cm³/mol. The third-order valence-corrected chi connectivity index (χ3v) is 4.79. The Labute approximate surface area is 114 Å². The summed E-state index contributed by atoms with van der Waals surface area (Å²) < 4.78 is 5.37. The van der Waals surface area contributed by atoms with Crippen LogP contribution in [-0.4, -0.2) is 25.8 Å². The fourth-order valence-electron chi connectivity index (χ4n) is 3.30. The molecule has 0 aromatic rings. The van der Waals surface area contributed by atoms with Crippen molar-refractivity contribution < 1.29 is 4.74 Å². The molecule has 108 valence electrons. The molecule has 2 heteroatoms. The van der Waals surface area contributed by atoms with Gasteiger partial charge in [-0.15, -0.1) is 0 Å². The third-order valence-electron chi connectivity index (χ3n) is 4.79. The average molecular weight is 255 g/mol. The topological polar surface area (TPSA) is 21.3 Å². The number of nitrogens with one attached hydrogen (secondary N) is 1. The van der Waals surface area contributed by atoms with E-state index in [-0.39, 0.29) is 0 Å². The summed E-state index contributed by atoms with van der Waals surface area (Å²) in [5, 5.41) is 3.71. The third kappa shape index (κ3) is 5.27. The van der Waals surface area contributed by atoms with E-state index < -0.39 is 0 Å². The molecule has 2 unspecified atom stereocenters. The molecule has 1 fully saturated rings. The van der Waals surface area contributed by atoms with E-state index >= 15 is 0 Å². The Morgan fingerprint density at radius 3 is 2.28 bits per heavy atom. The maximum atomic E-state index is 5.37. The van der Waals surface area contributed by atoms with Crippen LogP contribution < -0.4 is 5.32 Å². The van der Waals surface area contributed by atoms with Crippen molar-refractivity contribution in [3.63, 3.8) is 0 Å². The quantitative estimate of drug-likeness (QED) is 0.708. The van der Waals surface area contributed by atoms with Gasteiger partial charge in [0.15, 0.2) is 0 Å². The van der Waals surface area contributed by atoms with Crippen LogP contribution in [0.2, 0.25) is 0 Å². The molecule has 0 aliphatic heterocycles. The van der Waals surface area contributed by atoms with Crippen molar-refractivity contribution in [2.75, 3.05) is 13.7 Å². The van der Waals surface area contributed by atoms with Crippen LogP contribution in [0, 0.1) is 11.8 Å². The van der Waals surface area contributed by atoms with Crippen molar-refractivity contribution >= 4 is 0 Å². The smallest absolute Gasteiger partial charge is 0.0543 e. The second-order valence-electron chi connectivity index (χ2n) is 5.98. The van der Waals surface area contributed by atoms with Gasteiger partial charge in [-0.2, -0.15) is 0 Å². The Hall–Kier alpha value is -0.0800. The second-order valence-corrected chi connectivity index (χ2v) is 5.98. The molecule has 0 radical (unpaired) electrons. The van der Waals surface area contributed by atoms with Gasteiger partial charge in [0.2, 0.25) is 0 Å². The van der Waals surface area contributed by atoms with Crippen LogP contribution in [0.1, 0.15) is 65.7 Å². The zero-order chi connectivity index (χ0) is 13.4. The molecule has 0 amide bonds. The van der Waals surface area contributed by atoms with Crippen LogP contribution in [0.25, 0.3) is 0 Å². The molecule has 0 saturated heterocycles. The normalized spacial score (nSPS) is 28.0. The summed E-state index contributed by atoms with van der Waals surface area (Å²) in [7, 11) is 1.82. The van der Waals surface area contributed by atoms with E-state index in [1.165, 1.54) is 44.9 Å². The molecule has 1 rings (SSSR count). The lowest BCUT2D eigenvalue weighted by atomic mass is 9.76. The van der Waals surface area contributed by atoms with E-state index in [1.54, 1.807) is 0 Å². The Bertz CT molecular complexity index is 199. The minimum absolute atomic E-state index is 0.401. The minimum atomic E-state index is 0.401. The molecule has 1 N–H and O–H groups in total. The van der Waals surface area contributed by atoms with Crippen LogP contribution in [-0.2, 0) is 4.74 Å². The first-order chi connectivity index (χ1) is 8.71. The van der Waals surface area contributed by atoms with Gasteiger partial charge in [-0.05, 0) is 51.0 Å². The highest BCUT2D eigenvalue weighted by atomic mass is 16.5. The Kier molecular flexibility index (Phi) is 7.92. The van der Waals surface area contributed by atoms with E-state index in [0.717, 1.165) is 18.4 Å². The minimum Gasteiger partial charge on any atom is -0.382 e. The molecule has 0 spiro atoms. The lowest BCUT2D eigenvalue weighted by Crippen LogP contribution is -2.38. The standard InChI is InChI=1S/C16H33NO/c1-5-14-8-10-15(11-9-14)16(17-6-2)12-7-13(3)18-4/h13-17H,5-12H2,1-4H3. The lowest BCUT2D eigenvalue weighted by molar-refractivity contribution is 0.1000. The van der Waals surface area contributed by atoms with Gasteiger partial charge in [-0.25, -0.2) is 0 Å². The first-order valence-corrected chi connectivity index (χ1v) is 7.97. The van der Waals surface area contributed by atoms with E-state index in [4.69, 9.17) is 4.74 Å². The highest BCUT2D eigenvalue weighted by Crippen LogP contribution is 2.33. The van der Waals surface area contributed by atoms with Crippen molar-refractivity contribution in [2.24, 2.45) is 11.8 Å². The van der Waals surface area contributed by atoms with Gasteiger partial charge in [0.25, 0.3) is 0 Å². The molecule has 0 heterocycles. The summed E-state index contributed by atoms with van der Waals surface area (Å²) in [4.78, 5) is 0. The summed E-state index contributed by atoms with van der Waals surface area (Å²) >= 11 is 0. The van der Waals surface area contributed by atoms with E-state index in [0.29, 0.717) is 12.1 Å². The van der Waals surface area contributed by atoms with Crippen molar-refractivity contribution in [1.29, 1.82) is 0 Å². The molecule has 2 nitrogen and oxygen atoms in total. The monoisotopic (exact) mass is 255 g/mol. The van der Waals surface area contributed by atoms with Gasteiger partial charge < -0.3 is 10.1 Å². The number of rotatable bonds is 8. The number of methoxy groups -OCH3 is 1. The first kappa shape index (κ1) is 16.0. The average Bonchev–Trinajstić information content (AvgIpc) is 2.43. The molecule has 18 heavy (non-hydrogen) atoms. The van der Waals surface area contributed by atoms with Crippen LogP contribution in [0.15, 0.2) is 0 Å². The van der Waals surface area contributed by atoms with Crippen molar-refractivity contribution in [2.45, 2.75) is 77.9 Å². The van der Waals surface area contributed by atoms with Gasteiger partial charge in [0, 0.05) is 13.2 Å². The fourth-order valence-corrected chi connectivity index (χ4v) is 3.30. The van der Waals surface area contributed by atoms with Crippen molar-refractivity contribution in [3.8, 4) is 0 Å². The second kappa shape index (κ2) is 8.92. The molecule has 0 bridgehead atoms. The largest absolute Gasteiger partial charge is 0.382 e. The first-order valence-electron chi connectivity index (χ1n) is 7.97.